The number of Topliss-reactive ketones (excluding diaryl/α,β-unsaturated/α-hetero) is 1. The number of aromatic hydroxyl groups is 1. The molecular formula is C58H87NaO15. The molecule has 18 atom stereocenters. The average Bonchev–Trinajstić information content (AvgIpc) is 3.69. The van der Waals surface area contributed by atoms with Crippen LogP contribution in [0.2, 0.25) is 0 Å². The van der Waals surface area contributed by atoms with Crippen LogP contribution in [0.4, 0.5) is 0 Å². The van der Waals surface area contributed by atoms with Gasteiger partial charge in [-0.15, -0.1) is 0 Å². The van der Waals surface area contributed by atoms with Gasteiger partial charge in [-0.1, -0.05) is 67.0 Å². The van der Waals surface area contributed by atoms with Gasteiger partial charge < -0.3 is 63.2 Å². The van der Waals surface area contributed by atoms with E-state index >= 15 is 0 Å². The number of hydrogen-bond donors (Lipinski definition) is 4. The van der Waals surface area contributed by atoms with E-state index in [1.54, 1.807) is 26.0 Å². The van der Waals surface area contributed by atoms with Crippen LogP contribution in [0.5, 0.6) is 11.5 Å². The first-order chi connectivity index (χ1) is 34.2. The van der Waals surface area contributed by atoms with E-state index in [0.29, 0.717) is 81.3 Å². The number of aliphatic hydroxyl groups excluding tert-OH is 2. The number of rotatable bonds is 15. The molecule has 0 radical (unpaired) electrons. The van der Waals surface area contributed by atoms with Gasteiger partial charge in [-0.25, -0.2) is 0 Å². The van der Waals surface area contributed by atoms with Gasteiger partial charge in [0.1, 0.15) is 40.1 Å². The third kappa shape index (κ3) is 12.6. The number of phenolic OH excluding ortho intramolecular Hbond substituents is 1. The summed E-state index contributed by atoms with van der Waals surface area (Å²) < 4.78 is 44.4. The standard InChI is InChI=1S/C42H70O11.C16H18O4.Na/c1-11-29(38(46)47)31-15-14-23(4)36(50-31)27(8)34(44)26(7)35(45)30(12-2)37-24(5)22-25(6)41(51-37)19-16-32(43)42(53-41)21-20-39(10,52-42)33-17-18-40(48,13-3)28(9)49-33;1-9(2)5-6-11-14(19-4)8-13(18)15-12(17)7-10(3)20-16(11)15;/h16,19,23-34,36-37,43-44,48H,11-15,17-18,20-22H2,1-10H3,(H,46,47);5,7-8,18H,6H2,1-4H3;/q;;+1/p-1. The Hall–Kier alpha value is -2.67. The molecule has 7 rings (SSSR count). The monoisotopic (exact) mass is 1050 g/mol. The fraction of sp³-hybridized carbons (Fsp3) is 0.741. The molecule has 4 N–H and O–H groups in total. The number of ketones is 1. The maximum Gasteiger partial charge on any atom is 1.00 e. The molecule has 0 bridgehead atoms. The van der Waals surface area contributed by atoms with Crippen molar-refractivity contribution in [3.05, 3.63) is 57.5 Å². The molecule has 0 saturated carbocycles. The number of methoxy groups -OCH3 is 1. The average molecular weight is 1050 g/mol. The van der Waals surface area contributed by atoms with Gasteiger partial charge in [0.2, 0.25) is 5.79 Å². The van der Waals surface area contributed by atoms with Crippen LogP contribution in [-0.4, -0.2) is 105 Å². The van der Waals surface area contributed by atoms with Gasteiger partial charge in [0, 0.05) is 59.7 Å². The van der Waals surface area contributed by atoms with E-state index in [2.05, 4.69) is 20.8 Å². The van der Waals surface area contributed by atoms with Crippen molar-refractivity contribution in [2.24, 2.45) is 41.4 Å². The molecule has 4 fully saturated rings. The molecule has 5 aliphatic rings. The number of ether oxygens (including phenoxy) is 6. The maximum atomic E-state index is 14.4. The summed E-state index contributed by atoms with van der Waals surface area (Å²) >= 11 is 0. The predicted octanol–water partition coefficient (Wildman–Crippen LogP) is 5.18. The van der Waals surface area contributed by atoms with Gasteiger partial charge in [-0.2, -0.15) is 0 Å². The summed E-state index contributed by atoms with van der Waals surface area (Å²) in [6.07, 6.45) is 7.82. The quantitative estimate of drug-likeness (QED) is 0.133. The summed E-state index contributed by atoms with van der Waals surface area (Å²) in [5.41, 5.74) is 0.431. The molecule has 1 aromatic heterocycles. The first kappa shape index (κ1) is 62.2. The molecule has 0 aliphatic carbocycles. The second kappa shape index (κ2) is 25.0. The van der Waals surface area contributed by atoms with Gasteiger partial charge in [-0.3, -0.25) is 9.59 Å². The normalized spacial score (nSPS) is 35.9. The van der Waals surface area contributed by atoms with Crippen molar-refractivity contribution in [1.82, 2.24) is 0 Å². The summed E-state index contributed by atoms with van der Waals surface area (Å²) in [5.74, 6) is -5.33. The van der Waals surface area contributed by atoms with Crippen molar-refractivity contribution in [3.63, 3.8) is 0 Å². The zero-order chi connectivity index (χ0) is 54.1. The van der Waals surface area contributed by atoms with Crippen molar-refractivity contribution in [2.75, 3.05) is 7.11 Å². The van der Waals surface area contributed by atoms with Crippen molar-refractivity contribution >= 4 is 22.7 Å². The summed E-state index contributed by atoms with van der Waals surface area (Å²) in [6, 6.07) is 2.84. The SMILES string of the molecule is CCC(C(=O)[O-])C1CCC(C)C(C(C)C(O)C(C)C(=O)C(CC)C2OC3(C=CC(O)C4(CCC(C)(C5CCC(O)(CC)C(C)O5)O4)O3)C(C)CC2C)O1.COc1cc(O)c2c(=O)cc(C)oc2c1CC=C(C)C.[Na+]. The molecule has 2 spiro atoms. The largest absolute Gasteiger partial charge is 1.00 e. The van der Waals surface area contributed by atoms with Crippen molar-refractivity contribution in [1.29, 1.82) is 0 Å². The minimum Gasteiger partial charge on any atom is -0.550 e. The van der Waals surface area contributed by atoms with E-state index in [0.717, 1.165) is 17.6 Å². The summed E-state index contributed by atoms with van der Waals surface area (Å²) in [4.78, 5) is 38.3. The zero-order valence-corrected chi connectivity index (χ0v) is 49.0. The Balaban J connectivity index is 0.000000403. The minimum absolute atomic E-state index is 0. The number of fused-ring (bicyclic) bond motifs is 1. The molecule has 15 nitrogen and oxygen atoms in total. The van der Waals surface area contributed by atoms with E-state index in [1.807, 2.05) is 61.5 Å². The number of allylic oxidation sites excluding steroid dienone is 2. The fourth-order valence-electron chi connectivity index (χ4n) is 12.6. The maximum absolute atomic E-state index is 14.4. The third-order valence-corrected chi connectivity index (χ3v) is 17.5. The minimum atomic E-state index is -1.37. The Morgan fingerprint density at radius 2 is 1.62 bits per heavy atom. The van der Waals surface area contributed by atoms with Crippen LogP contribution in [-0.2, 0) is 39.7 Å². The van der Waals surface area contributed by atoms with E-state index in [-0.39, 0.29) is 81.9 Å². The van der Waals surface area contributed by atoms with Gasteiger partial charge >= 0.3 is 29.6 Å². The molecule has 0 amide bonds. The number of carboxylic acid groups (broad SMARTS) is 1. The van der Waals surface area contributed by atoms with Crippen molar-refractivity contribution < 1.29 is 97.5 Å². The molecule has 410 valence electrons. The second-order valence-corrected chi connectivity index (χ2v) is 22.9. The predicted molar refractivity (Wildman–Crippen MR) is 275 cm³/mol. The molecule has 4 saturated heterocycles. The third-order valence-electron chi connectivity index (χ3n) is 17.5. The Morgan fingerprint density at radius 3 is 2.22 bits per heavy atom. The number of aliphatic carboxylic acids is 1. The van der Waals surface area contributed by atoms with Crippen LogP contribution < -0.4 is 44.8 Å². The van der Waals surface area contributed by atoms with Gasteiger partial charge in [0.05, 0.1) is 54.9 Å². The Kier molecular flexibility index (Phi) is 21.0. The number of carboxylic acids is 1. The van der Waals surface area contributed by atoms with Crippen LogP contribution in [0.1, 0.15) is 159 Å². The van der Waals surface area contributed by atoms with E-state index in [4.69, 9.17) is 32.8 Å². The topological polar surface area (TPSA) is 224 Å². The molecule has 2 aromatic rings. The number of carbonyl (C=O) groups is 2. The van der Waals surface area contributed by atoms with Crippen LogP contribution in [0.15, 0.2) is 45.1 Å². The van der Waals surface area contributed by atoms with Crippen molar-refractivity contribution in [3.8, 4) is 11.5 Å². The Morgan fingerprint density at radius 1 is 0.946 bits per heavy atom. The summed E-state index contributed by atoms with van der Waals surface area (Å²) in [7, 11) is 1.53. The van der Waals surface area contributed by atoms with Gasteiger partial charge in [-0.05, 0) is 123 Å². The molecule has 6 heterocycles. The van der Waals surface area contributed by atoms with Crippen LogP contribution >= 0.6 is 0 Å². The van der Waals surface area contributed by atoms with Crippen molar-refractivity contribution in [2.45, 2.75) is 226 Å². The van der Waals surface area contributed by atoms with Gasteiger partial charge in [0.15, 0.2) is 11.2 Å². The smallest absolute Gasteiger partial charge is 0.550 e. The first-order valence-corrected chi connectivity index (χ1v) is 27.1. The number of carbonyl (C=O) groups excluding carboxylic acids is 2. The van der Waals surface area contributed by atoms with E-state index in [9.17, 15) is 39.9 Å². The number of aryl methyl sites for hydroxylation is 1. The molecular weight excluding hydrogens is 960 g/mol. The second-order valence-electron chi connectivity index (χ2n) is 22.9. The number of phenols is 1. The van der Waals surface area contributed by atoms with Crippen LogP contribution in [0, 0.1) is 48.3 Å². The molecule has 1 aromatic carbocycles. The summed E-state index contributed by atoms with van der Waals surface area (Å²) in [6.45, 7) is 25.2. The number of benzene rings is 1. The Bertz CT molecular complexity index is 2380. The summed E-state index contributed by atoms with van der Waals surface area (Å²) in [5, 5.41) is 56.2. The van der Waals surface area contributed by atoms with Gasteiger partial charge in [0.25, 0.3) is 0 Å². The molecule has 74 heavy (non-hydrogen) atoms. The zero-order valence-electron chi connectivity index (χ0n) is 47.0. The Labute approximate surface area is 461 Å². The molecule has 5 aliphatic heterocycles. The van der Waals surface area contributed by atoms with Crippen LogP contribution in [0.25, 0.3) is 11.0 Å². The van der Waals surface area contributed by atoms with Crippen LogP contribution in [0.3, 0.4) is 0 Å². The van der Waals surface area contributed by atoms with E-state index in [1.165, 1.54) is 19.2 Å². The first-order valence-electron chi connectivity index (χ1n) is 27.1. The molecule has 18 unspecified atom stereocenters. The number of aliphatic hydroxyl groups is 3. The number of hydrogen-bond acceptors (Lipinski definition) is 15. The van der Waals surface area contributed by atoms with E-state index < -0.39 is 82.9 Å². The fourth-order valence-corrected chi connectivity index (χ4v) is 12.6. The molecule has 16 heteroatoms.